The van der Waals surface area contributed by atoms with Crippen molar-refractivity contribution in [2.75, 3.05) is 0 Å². The van der Waals surface area contributed by atoms with Crippen molar-refractivity contribution >= 4 is 17.3 Å². The molecule has 1 atom stereocenters. The van der Waals surface area contributed by atoms with Gasteiger partial charge in [-0.15, -0.1) is 21.5 Å². The summed E-state index contributed by atoms with van der Waals surface area (Å²) in [6.45, 7) is 9.59. The molecule has 8 heteroatoms. The Morgan fingerprint density at radius 3 is 2.78 bits per heavy atom. The molecule has 23 heavy (non-hydrogen) atoms. The molecule has 124 valence electrons. The third-order valence-electron chi connectivity index (χ3n) is 4.10. The zero-order valence-electron chi connectivity index (χ0n) is 13.8. The zero-order chi connectivity index (χ0) is 16.8. The summed E-state index contributed by atoms with van der Waals surface area (Å²) in [6.07, 6.45) is 0. The van der Waals surface area contributed by atoms with Crippen molar-refractivity contribution in [1.82, 2.24) is 24.6 Å². The Morgan fingerprint density at radius 1 is 1.43 bits per heavy atom. The van der Waals surface area contributed by atoms with Crippen molar-refractivity contribution in [1.29, 1.82) is 0 Å². The van der Waals surface area contributed by atoms with Crippen molar-refractivity contribution in [3.05, 3.63) is 27.7 Å². The van der Waals surface area contributed by atoms with E-state index in [1.54, 1.807) is 11.3 Å². The predicted molar refractivity (Wildman–Crippen MR) is 86.2 cm³/mol. The standard InChI is InChI=1S/C15H21N5O2S/c1-9-17-18-12-6-19(10(14(21)22)5-20(9)12)7-13-16-11(8-23-13)15(2,3)4/h8,10H,5-7H2,1-4H3,(H,21,22). The highest BCUT2D eigenvalue weighted by Crippen LogP contribution is 2.26. The molecule has 3 rings (SSSR count). The van der Waals surface area contributed by atoms with E-state index in [0.717, 1.165) is 22.4 Å². The summed E-state index contributed by atoms with van der Waals surface area (Å²) in [5, 5.41) is 20.8. The highest BCUT2D eigenvalue weighted by atomic mass is 32.1. The van der Waals surface area contributed by atoms with Crippen LogP contribution in [0.2, 0.25) is 0 Å². The second kappa shape index (κ2) is 5.68. The maximum Gasteiger partial charge on any atom is 0.322 e. The molecule has 0 saturated heterocycles. The Labute approximate surface area is 139 Å². The number of aryl methyl sites for hydroxylation is 1. The summed E-state index contributed by atoms with van der Waals surface area (Å²) in [5.74, 6) is 0.749. The van der Waals surface area contributed by atoms with Gasteiger partial charge in [-0.3, -0.25) is 9.69 Å². The third-order valence-corrected chi connectivity index (χ3v) is 4.93. The SMILES string of the molecule is Cc1nnc2n1CC(C(=O)O)N(Cc1nc(C(C)(C)C)cs1)C2. The number of carboxylic acids is 1. The van der Waals surface area contributed by atoms with Crippen LogP contribution < -0.4 is 0 Å². The van der Waals surface area contributed by atoms with Crippen molar-refractivity contribution in [3.8, 4) is 0 Å². The molecule has 3 heterocycles. The third kappa shape index (κ3) is 3.13. The molecule has 0 spiro atoms. The normalized spacial score (nSPS) is 18.9. The average Bonchev–Trinajstić information content (AvgIpc) is 3.05. The molecule has 0 aromatic carbocycles. The lowest BCUT2D eigenvalue weighted by Crippen LogP contribution is -2.47. The van der Waals surface area contributed by atoms with Crippen LogP contribution in [0.15, 0.2) is 5.38 Å². The Kier molecular flexibility index (Phi) is 3.97. The molecule has 2 aromatic rings. The first kappa shape index (κ1) is 16.1. The minimum atomic E-state index is -0.823. The fourth-order valence-corrected chi connectivity index (χ4v) is 3.71. The predicted octanol–water partition coefficient (Wildman–Crippen LogP) is 1.81. The van der Waals surface area contributed by atoms with Crippen LogP contribution in [0.25, 0.3) is 0 Å². The van der Waals surface area contributed by atoms with E-state index in [1.807, 2.05) is 16.4 Å². The van der Waals surface area contributed by atoms with E-state index in [4.69, 9.17) is 0 Å². The van der Waals surface area contributed by atoms with Gasteiger partial charge in [0.1, 0.15) is 22.7 Å². The number of aromatic nitrogens is 4. The van der Waals surface area contributed by atoms with Crippen molar-refractivity contribution < 1.29 is 9.90 Å². The van der Waals surface area contributed by atoms with Crippen LogP contribution in [0.4, 0.5) is 0 Å². The van der Waals surface area contributed by atoms with E-state index in [1.165, 1.54) is 0 Å². The van der Waals surface area contributed by atoms with E-state index in [-0.39, 0.29) is 5.41 Å². The lowest BCUT2D eigenvalue weighted by Gasteiger charge is -2.32. The molecule has 1 aliphatic heterocycles. The lowest BCUT2D eigenvalue weighted by atomic mass is 9.93. The number of hydrogen-bond acceptors (Lipinski definition) is 6. The van der Waals surface area contributed by atoms with Gasteiger partial charge >= 0.3 is 5.97 Å². The maximum atomic E-state index is 11.6. The second-order valence-electron chi connectivity index (χ2n) is 6.91. The highest BCUT2D eigenvalue weighted by molar-refractivity contribution is 7.09. The first-order chi connectivity index (χ1) is 10.8. The smallest absolute Gasteiger partial charge is 0.322 e. The first-order valence-corrected chi connectivity index (χ1v) is 8.44. The van der Waals surface area contributed by atoms with Crippen molar-refractivity contribution in [2.45, 2.75) is 58.8 Å². The molecule has 7 nitrogen and oxygen atoms in total. The minimum absolute atomic E-state index is 0.000134. The van der Waals surface area contributed by atoms with Gasteiger partial charge in [-0.25, -0.2) is 4.98 Å². The number of thiazole rings is 1. The van der Waals surface area contributed by atoms with E-state index in [2.05, 4.69) is 41.3 Å². The number of carbonyl (C=O) groups is 1. The maximum absolute atomic E-state index is 11.6. The van der Waals surface area contributed by atoms with E-state index >= 15 is 0 Å². The molecular weight excluding hydrogens is 314 g/mol. The quantitative estimate of drug-likeness (QED) is 0.921. The molecule has 0 bridgehead atoms. The molecule has 0 aliphatic carbocycles. The number of aliphatic carboxylic acids is 1. The Hall–Kier alpha value is -1.80. The molecule has 1 N–H and O–H groups in total. The zero-order valence-corrected chi connectivity index (χ0v) is 14.6. The van der Waals surface area contributed by atoms with Gasteiger partial charge in [0.15, 0.2) is 0 Å². The molecule has 1 unspecified atom stereocenters. The highest BCUT2D eigenvalue weighted by Gasteiger charge is 2.34. The Balaban J connectivity index is 1.83. The summed E-state index contributed by atoms with van der Waals surface area (Å²) in [5.41, 5.74) is 1.04. The van der Waals surface area contributed by atoms with Gasteiger partial charge in [0, 0.05) is 10.8 Å². The number of nitrogens with zero attached hydrogens (tertiary/aromatic N) is 5. The van der Waals surface area contributed by atoms with Crippen molar-refractivity contribution in [2.24, 2.45) is 0 Å². The van der Waals surface area contributed by atoms with Crippen molar-refractivity contribution in [3.63, 3.8) is 0 Å². The van der Waals surface area contributed by atoms with Gasteiger partial charge in [-0.2, -0.15) is 0 Å². The summed E-state index contributed by atoms with van der Waals surface area (Å²) in [7, 11) is 0. The largest absolute Gasteiger partial charge is 0.480 e. The van der Waals surface area contributed by atoms with Crippen LogP contribution in [-0.4, -0.2) is 41.8 Å². The molecule has 0 saturated carbocycles. The molecular formula is C15H21N5O2S. The van der Waals surface area contributed by atoms with Gasteiger partial charge < -0.3 is 9.67 Å². The summed E-state index contributed by atoms with van der Waals surface area (Å²) < 4.78 is 1.89. The Bertz CT molecular complexity index is 731. The molecule has 0 fully saturated rings. The van der Waals surface area contributed by atoms with E-state index < -0.39 is 12.0 Å². The molecule has 2 aromatic heterocycles. The minimum Gasteiger partial charge on any atom is -0.480 e. The first-order valence-electron chi connectivity index (χ1n) is 7.56. The topological polar surface area (TPSA) is 84.1 Å². The van der Waals surface area contributed by atoms with Crippen LogP contribution in [0, 0.1) is 6.92 Å². The molecule has 0 radical (unpaired) electrons. The monoisotopic (exact) mass is 335 g/mol. The van der Waals surface area contributed by atoms with E-state index in [9.17, 15) is 9.90 Å². The number of hydrogen-bond donors (Lipinski definition) is 1. The molecule has 0 amide bonds. The van der Waals surface area contributed by atoms with E-state index in [0.29, 0.717) is 19.6 Å². The van der Waals surface area contributed by atoms with Crippen LogP contribution in [0.3, 0.4) is 0 Å². The van der Waals surface area contributed by atoms with Gasteiger partial charge in [0.05, 0.1) is 25.3 Å². The van der Waals surface area contributed by atoms with Crippen LogP contribution in [0.5, 0.6) is 0 Å². The second-order valence-corrected chi connectivity index (χ2v) is 7.85. The van der Waals surface area contributed by atoms with Crippen LogP contribution >= 0.6 is 11.3 Å². The lowest BCUT2D eigenvalue weighted by molar-refractivity contribution is -0.145. The fraction of sp³-hybridized carbons (Fsp3) is 0.600. The summed E-state index contributed by atoms with van der Waals surface area (Å²) in [6, 6.07) is -0.584. The Morgan fingerprint density at radius 2 is 2.17 bits per heavy atom. The number of carboxylic acid groups (broad SMARTS) is 1. The number of rotatable bonds is 3. The molecule has 1 aliphatic rings. The average molecular weight is 335 g/mol. The van der Waals surface area contributed by atoms with Gasteiger partial charge in [0.2, 0.25) is 0 Å². The summed E-state index contributed by atoms with van der Waals surface area (Å²) in [4.78, 5) is 18.2. The van der Waals surface area contributed by atoms with Gasteiger partial charge in [-0.05, 0) is 6.92 Å². The van der Waals surface area contributed by atoms with Gasteiger partial charge in [-0.1, -0.05) is 20.8 Å². The fourth-order valence-electron chi connectivity index (χ4n) is 2.66. The van der Waals surface area contributed by atoms with Crippen LogP contribution in [0.1, 0.15) is 43.1 Å². The van der Waals surface area contributed by atoms with Gasteiger partial charge in [0.25, 0.3) is 0 Å². The number of fused-ring (bicyclic) bond motifs is 1. The summed E-state index contributed by atoms with van der Waals surface area (Å²) >= 11 is 1.58. The van der Waals surface area contributed by atoms with Crippen LogP contribution in [-0.2, 0) is 29.8 Å².